The van der Waals surface area contributed by atoms with E-state index < -0.39 is 0 Å². The highest BCUT2D eigenvalue weighted by Crippen LogP contribution is 2.32. The molecule has 70 heavy (non-hydrogen) atoms. The van der Waals surface area contributed by atoms with Gasteiger partial charge in [0.2, 0.25) is 11.6 Å². The van der Waals surface area contributed by atoms with Crippen LogP contribution in [0.15, 0.2) is 73.3 Å². The first-order valence-electron chi connectivity index (χ1n) is 26.3. The summed E-state index contributed by atoms with van der Waals surface area (Å²) in [5, 5.41) is 0. The first kappa shape index (κ1) is 55.0. The summed E-state index contributed by atoms with van der Waals surface area (Å²) in [6, 6.07) is 18.0. The highest BCUT2D eigenvalue weighted by molar-refractivity contribution is 5.56. The van der Waals surface area contributed by atoms with Crippen LogP contribution in [0.1, 0.15) is 252 Å². The molecule has 0 bridgehead atoms. The van der Waals surface area contributed by atoms with E-state index in [0.29, 0.717) is 11.6 Å². The number of aryl methyl sites for hydroxylation is 2. The van der Waals surface area contributed by atoms with E-state index in [1.165, 1.54) is 97.6 Å². The fourth-order valence-electron chi connectivity index (χ4n) is 8.11. The van der Waals surface area contributed by atoms with Gasteiger partial charge in [-0.15, -0.1) is 0 Å². The van der Waals surface area contributed by atoms with Crippen molar-refractivity contribution in [3.63, 3.8) is 0 Å². The van der Waals surface area contributed by atoms with Gasteiger partial charge in [-0.25, -0.2) is 19.9 Å². The lowest BCUT2D eigenvalue weighted by molar-refractivity contribution is 0.567. The van der Waals surface area contributed by atoms with E-state index in [0.717, 1.165) is 59.1 Å². The van der Waals surface area contributed by atoms with Crippen molar-refractivity contribution < 1.29 is 0 Å². The lowest BCUT2D eigenvalue weighted by Gasteiger charge is -2.25. The maximum atomic E-state index is 4.64. The molecule has 366 valence electrons. The Balaban J connectivity index is 1.45. The molecule has 3 aromatic carbocycles. The first-order chi connectivity index (χ1) is 33.1. The van der Waals surface area contributed by atoms with Gasteiger partial charge in [0, 0.05) is 47.0 Å². The lowest BCUT2D eigenvalue weighted by Crippen LogP contribution is -2.16. The minimum atomic E-state index is 0.0169. The molecule has 0 unspecified atom stereocenters. The predicted octanol–water partition coefficient (Wildman–Crippen LogP) is 15.9. The standard InChI is InChI=1S/C66H82N4/c1-15-17-19-21-23-25-27-53-41-56(34-30-52-47-69-62(70-48-52)36-32-50-39-59(65(9,10)11)44-60(40-50)66(12,13)14)54(28-26-24-22-20-18-16-2)42-55(53)33-29-51-45-67-61(68-46-51)35-31-49-37-57(63(3,4)5)43-58(38-49)64(6,7)8/h37-48H,15-28H2,1-14H3. The Morgan fingerprint density at radius 1 is 0.314 bits per heavy atom. The van der Waals surface area contributed by atoms with Crippen LogP contribution < -0.4 is 0 Å². The van der Waals surface area contributed by atoms with Crippen molar-refractivity contribution in [1.29, 1.82) is 0 Å². The Morgan fingerprint density at radius 2 is 0.600 bits per heavy atom. The SMILES string of the molecule is CCCCCCCCc1cc(C#Cc2cnc(C#Cc3cc(C(C)(C)C)cc(C(C)(C)C)c3)nc2)c(CCCCCCCC)cc1C#Cc1cnc(C#Cc2cc(C(C)(C)C)cc(C(C)(C)C)c2)nc1. The number of hydrogen-bond acceptors (Lipinski definition) is 4. The molecule has 0 fully saturated rings. The molecule has 5 rings (SSSR count). The van der Waals surface area contributed by atoms with Crippen molar-refractivity contribution >= 4 is 0 Å². The van der Waals surface area contributed by atoms with Gasteiger partial charge in [-0.2, -0.15) is 0 Å². The summed E-state index contributed by atoms with van der Waals surface area (Å²) in [6.07, 6.45) is 23.9. The quantitative estimate of drug-likeness (QED) is 0.0822. The average Bonchev–Trinajstić information content (AvgIpc) is 3.31. The fraction of sp³-hybridized carbons (Fsp3) is 0.485. The van der Waals surface area contributed by atoms with E-state index in [1.807, 2.05) is 0 Å². The van der Waals surface area contributed by atoms with Crippen molar-refractivity contribution in [1.82, 2.24) is 19.9 Å². The van der Waals surface area contributed by atoms with Gasteiger partial charge in [0.25, 0.3) is 0 Å². The van der Waals surface area contributed by atoms with Crippen LogP contribution in [0.5, 0.6) is 0 Å². The van der Waals surface area contributed by atoms with Gasteiger partial charge >= 0.3 is 0 Å². The second kappa shape index (κ2) is 25.3. The summed E-state index contributed by atoms with van der Waals surface area (Å²) in [7, 11) is 0. The molecule has 0 spiro atoms. The largest absolute Gasteiger partial charge is 0.228 e. The number of aromatic nitrogens is 4. The molecule has 0 aliphatic rings. The van der Waals surface area contributed by atoms with Gasteiger partial charge in [-0.05, 0) is 129 Å². The minimum Gasteiger partial charge on any atom is -0.228 e. The van der Waals surface area contributed by atoms with Crippen LogP contribution in [-0.2, 0) is 34.5 Å². The van der Waals surface area contributed by atoms with Crippen LogP contribution in [-0.4, -0.2) is 19.9 Å². The third-order valence-corrected chi connectivity index (χ3v) is 12.9. The second-order valence-electron chi connectivity index (χ2n) is 23.4. The van der Waals surface area contributed by atoms with Crippen LogP contribution in [0.4, 0.5) is 0 Å². The molecule has 0 aliphatic carbocycles. The molecular weight excluding hydrogens is 849 g/mol. The molecule has 2 aromatic heterocycles. The molecule has 0 saturated carbocycles. The number of hydrogen-bond donors (Lipinski definition) is 0. The smallest absolute Gasteiger partial charge is 0.205 e. The van der Waals surface area contributed by atoms with E-state index in [-0.39, 0.29) is 21.7 Å². The summed E-state index contributed by atoms with van der Waals surface area (Å²) in [5.74, 6) is 28.1. The molecule has 4 nitrogen and oxygen atoms in total. The van der Waals surface area contributed by atoms with Crippen molar-refractivity contribution in [2.75, 3.05) is 0 Å². The molecule has 0 atom stereocenters. The Labute approximate surface area is 425 Å². The topological polar surface area (TPSA) is 51.6 Å². The van der Waals surface area contributed by atoms with Crippen LogP contribution >= 0.6 is 0 Å². The van der Waals surface area contributed by atoms with E-state index >= 15 is 0 Å². The molecule has 2 heterocycles. The maximum Gasteiger partial charge on any atom is 0.205 e. The molecule has 5 aromatic rings. The number of rotatable bonds is 14. The van der Waals surface area contributed by atoms with Gasteiger partial charge < -0.3 is 0 Å². The van der Waals surface area contributed by atoms with Gasteiger partial charge in [0.1, 0.15) is 0 Å². The van der Waals surface area contributed by atoms with E-state index in [1.54, 1.807) is 24.8 Å². The molecule has 0 aliphatic heterocycles. The summed E-state index contributed by atoms with van der Waals surface area (Å²) < 4.78 is 0. The number of nitrogens with zero attached hydrogens (tertiary/aromatic N) is 4. The third kappa shape index (κ3) is 17.8. The van der Waals surface area contributed by atoms with Crippen LogP contribution in [0.3, 0.4) is 0 Å². The van der Waals surface area contributed by atoms with Crippen molar-refractivity contribution in [3.05, 3.63) is 152 Å². The van der Waals surface area contributed by atoms with Crippen LogP contribution in [0.25, 0.3) is 0 Å². The average molecular weight is 931 g/mol. The predicted molar refractivity (Wildman–Crippen MR) is 296 cm³/mol. The van der Waals surface area contributed by atoms with E-state index in [4.69, 9.17) is 0 Å². The number of benzene rings is 3. The normalized spacial score (nSPS) is 11.6. The highest BCUT2D eigenvalue weighted by Gasteiger charge is 2.22. The van der Waals surface area contributed by atoms with Gasteiger partial charge in [-0.3, -0.25) is 0 Å². The Bertz CT molecular complexity index is 2510. The molecule has 0 radical (unpaired) electrons. The zero-order valence-corrected chi connectivity index (χ0v) is 45.6. The Kier molecular flexibility index (Phi) is 19.8. The summed E-state index contributed by atoms with van der Waals surface area (Å²) in [4.78, 5) is 18.6. The minimum absolute atomic E-state index is 0.0169. The summed E-state index contributed by atoms with van der Waals surface area (Å²) >= 11 is 0. The van der Waals surface area contributed by atoms with Crippen LogP contribution in [0.2, 0.25) is 0 Å². The first-order valence-corrected chi connectivity index (χ1v) is 26.3. The van der Waals surface area contributed by atoms with Crippen molar-refractivity contribution in [2.24, 2.45) is 0 Å². The fourth-order valence-corrected chi connectivity index (χ4v) is 8.11. The maximum absolute atomic E-state index is 4.64. The molecule has 0 amide bonds. The lowest BCUT2D eigenvalue weighted by atomic mass is 9.79. The van der Waals surface area contributed by atoms with Crippen LogP contribution in [0, 0.1) is 47.4 Å². The Hall–Kier alpha value is -5.94. The van der Waals surface area contributed by atoms with Gasteiger partial charge in [0.05, 0.1) is 11.1 Å². The van der Waals surface area contributed by atoms with Gasteiger partial charge in [0.15, 0.2) is 0 Å². The number of unbranched alkanes of at least 4 members (excludes halogenated alkanes) is 10. The molecular formula is C66H82N4. The Morgan fingerprint density at radius 3 is 0.900 bits per heavy atom. The molecule has 4 heteroatoms. The summed E-state index contributed by atoms with van der Waals surface area (Å²) in [5.41, 5.74) is 13.3. The molecule has 0 N–H and O–H groups in total. The van der Waals surface area contributed by atoms with Crippen molar-refractivity contribution in [3.8, 4) is 47.4 Å². The van der Waals surface area contributed by atoms with E-state index in [2.05, 4.69) is 213 Å². The zero-order chi connectivity index (χ0) is 51.0. The highest BCUT2D eigenvalue weighted by atomic mass is 14.9. The monoisotopic (exact) mass is 931 g/mol. The zero-order valence-electron chi connectivity index (χ0n) is 45.6. The third-order valence-electron chi connectivity index (χ3n) is 12.9. The second-order valence-corrected chi connectivity index (χ2v) is 23.4. The van der Waals surface area contributed by atoms with Gasteiger partial charge in [-0.1, -0.05) is 209 Å². The molecule has 0 saturated heterocycles. The van der Waals surface area contributed by atoms with Crippen molar-refractivity contribution in [2.45, 2.75) is 208 Å². The van der Waals surface area contributed by atoms with E-state index in [9.17, 15) is 0 Å². The summed E-state index contributed by atoms with van der Waals surface area (Å²) in [6.45, 7) is 31.5.